The lowest BCUT2D eigenvalue weighted by Gasteiger charge is -2.11. The van der Waals surface area contributed by atoms with Crippen molar-refractivity contribution in [1.29, 1.82) is 0 Å². The van der Waals surface area contributed by atoms with E-state index >= 15 is 0 Å². The van der Waals surface area contributed by atoms with Crippen LogP contribution in [0, 0.1) is 11.6 Å². The zero-order chi connectivity index (χ0) is 13.8. The molecule has 0 bridgehead atoms. The maximum absolute atomic E-state index is 13.6. The van der Waals surface area contributed by atoms with Crippen molar-refractivity contribution in [3.05, 3.63) is 59.7 Å². The number of rotatable bonds is 4. The molecule has 3 heteroatoms. The molecule has 0 saturated carbocycles. The van der Waals surface area contributed by atoms with Gasteiger partial charge in [0.1, 0.15) is 0 Å². The molecule has 0 saturated heterocycles. The normalized spacial score (nSPS) is 12.4. The smallest absolute Gasteiger partial charge is 0.166 e. The third-order valence-electron chi connectivity index (χ3n) is 3.12. The van der Waals surface area contributed by atoms with E-state index in [-0.39, 0.29) is 5.56 Å². The molecule has 2 aromatic rings. The van der Waals surface area contributed by atoms with Gasteiger partial charge in [0.2, 0.25) is 0 Å². The Morgan fingerprint density at radius 2 is 1.74 bits per heavy atom. The van der Waals surface area contributed by atoms with Crippen LogP contribution in [0.1, 0.15) is 31.4 Å². The first-order valence-corrected chi connectivity index (χ1v) is 6.36. The third kappa shape index (κ3) is 2.99. The van der Waals surface area contributed by atoms with Gasteiger partial charge in [-0.3, -0.25) is 0 Å². The summed E-state index contributed by atoms with van der Waals surface area (Å²) < 4.78 is 26.8. The first-order valence-electron chi connectivity index (χ1n) is 6.36. The van der Waals surface area contributed by atoms with Crippen LogP contribution in [0.25, 0.3) is 11.1 Å². The van der Waals surface area contributed by atoms with Crippen molar-refractivity contribution in [2.45, 2.75) is 25.9 Å². The standard InChI is InChI=1S/C16H16F2O/c1-2-4-15(19)12-9-7-11(8-10-12)13-5-3-6-14(17)16(13)18/h3,5-10,15,19H,2,4H2,1H3. The largest absolute Gasteiger partial charge is 0.388 e. The number of hydrogen-bond acceptors (Lipinski definition) is 1. The fourth-order valence-corrected chi connectivity index (χ4v) is 2.05. The minimum Gasteiger partial charge on any atom is -0.388 e. The first kappa shape index (κ1) is 13.7. The Kier molecular flexibility index (Phi) is 4.27. The molecule has 2 aromatic carbocycles. The number of aliphatic hydroxyl groups is 1. The summed E-state index contributed by atoms with van der Waals surface area (Å²) >= 11 is 0. The molecular formula is C16H16F2O. The zero-order valence-electron chi connectivity index (χ0n) is 10.7. The molecule has 1 N–H and O–H groups in total. The number of benzene rings is 2. The number of aliphatic hydroxyl groups excluding tert-OH is 1. The minimum atomic E-state index is -0.854. The molecule has 0 amide bonds. The van der Waals surface area contributed by atoms with Crippen LogP contribution in [-0.2, 0) is 0 Å². The van der Waals surface area contributed by atoms with Gasteiger partial charge in [-0.25, -0.2) is 8.78 Å². The molecule has 0 aliphatic rings. The molecule has 19 heavy (non-hydrogen) atoms. The summed E-state index contributed by atoms with van der Waals surface area (Å²) in [5, 5.41) is 9.85. The van der Waals surface area contributed by atoms with Gasteiger partial charge in [-0.1, -0.05) is 49.7 Å². The molecule has 100 valence electrons. The van der Waals surface area contributed by atoms with Crippen LogP contribution in [0.5, 0.6) is 0 Å². The van der Waals surface area contributed by atoms with Crippen LogP contribution >= 0.6 is 0 Å². The van der Waals surface area contributed by atoms with Crippen molar-refractivity contribution in [2.24, 2.45) is 0 Å². The molecule has 1 atom stereocenters. The molecule has 0 spiro atoms. The second-order valence-corrected chi connectivity index (χ2v) is 4.53. The zero-order valence-corrected chi connectivity index (χ0v) is 10.7. The van der Waals surface area contributed by atoms with E-state index in [2.05, 4.69) is 0 Å². The van der Waals surface area contributed by atoms with Gasteiger partial charge >= 0.3 is 0 Å². The Hall–Kier alpha value is -1.74. The Morgan fingerprint density at radius 1 is 1.05 bits per heavy atom. The average molecular weight is 262 g/mol. The molecule has 0 aliphatic heterocycles. The lowest BCUT2D eigenvalue weighted by Crippen LogP contribution is -1.96. The summed E-state index contributed by atoms with van der Waals surface area (Å²) in [7, 11) is 0. The Labute approximate surface area is 111 Å². The molecule has 0 fully saturated rings. The molecule has 1 nitrogen and oxygen atoms in total. The highest BCUT2D eigenvalue weighted by Crippen LogP contribution is 2.26. The van der Waals surface area contributed by atoms with Crippen LogP contribution in [0.4, 0.5) is 8.78 Å². The lowest BCUT2D eigenvalue weighted by molar-refractivity contribution is 0.166. The van der Waals surface area contributed by atoms with E-state index in [4.69, 9.17) is 0 Å². The second kappa shape index (κ2) is 5.93. The van der Waals surface area contributed by atoms with Crippen molar-refractivity contribution < 1.29 is 13.9 Å². The van der Waals surface area contributed by atoms with Crippen molar-refractivity contribution in [3.8, 4) is 11.1 Å². The number of hydrogen-bond donors (Lipinski definition) is 1. The highest BCUT2D eigenvalue weighted by Gasteiger charge is 2.11. The third-order valence-corrected chi connectivity index (χ3v) is 3.12. The SMILES string of the molecule is CCCC(O)c1ccc(-c2cccc(F)c2F)cc1. The predicted octanol–water partition coefficient (Wildman–Crippen LogP) is 4.47. The van der Waals surface area contributed by atoms with Crippen molar-refractivity contribution in [3.63, 3.8) is 0 Å². The summed E-state index contributed by atoms with van der Waals surface area (Å²) in [6.45, 7) is 2.00. The van der Waals surface area contributed by atoms with Crippen molar-refractivity contribution >= 4 is 0 Å². The predicted molar refractivity (Wildman–Crippen MR) is 71.7 cm³/mol. The van der Waals surface area contributed by atoms with Crippen molar-refractivity contribution in [2.75, 3.05) is 0 Å². The van der Waals surface area contributed by atoms with Crippen LogP contribution in [-0.4, -0.2) is 5.11 Å². The van der Waals surface area contributed by atoms with E-state index in [0.29, 0.717) is 12.0 Å². The van der Waals surface area contributed by atoms with Crippen molar-refractivity contribution in [1.82, 2.24) is 0 Å². The van der Waals surface area contributed by atoms with Gasteiger partial charge in [-0.2, -0.15) is 0 Å². The molecule has 0 heterocycles. The fourth-order valence-electron chi connectivity index (χ4n) is 2.05. The molecule has 0 aliphatic carbocycles. The Morgan fingerprint density at radius 3 is 2.37 bits per heavy atom. The Balaban J connectivity index is 2.30. The van der Waals surface area contributed by atoms with Gasteiger partial charge in [0, 0.05) is 5.56 Å². The van der Waals surface area contributed by atoms with Gasteiger partial charge < -0.3 is 5.11 Å². The van der Waals surface area contributed by atoms with E-state index in [1.807, 2.05) is 6.92 Å². The summed E-state index contributed by atoms with van der Waals surface area (Å²) in [6, 6.07) is 11.0. The number of halogens is 2. The van der Waals surface area contributed by atoms with E-state index in [1.165, 1.54) is 12.1 Å². The fraction of sp³-hybridized carbons (Fsp3) is 0.250. The van der Waals surface area contributed by atoms with Crippen LogP contribution in [0.15, 0.2) is 42.5 Å². The van der Waals surface area contributed by atoms with Gasteiger partial charge in [-0.15, -0.1) is 0 Å². The highest BCUT2D eigenvalue weighted by molar-refractivity contribution is 5.64. The summed E-state index contributed by atoms with van der Waals surface area (Å²) in [6.07, 6.45) is 1.08. The van der Waals surface area contributed by atoms with E-state index in [1.54, 1.807) is 24.3 Å². The molecule has 1 unspecified atom stereocenters. The summed E-state index contributed by atoms with van der Waals surface area (Å²) in [4.78, 5) is 0. The van der Waals surface area contributed by atoms with Gasteiger partial charge in [0.25, 0.3) is 0 Å². The van der Waals surface area contributed by atoms with E-state index < -0.39 is 17.7 Å². The van der Waals surface area contributed by atoms with Crippen LogP contribution in [0.3, 0.4) is 0 Å². The molecule has 0 aromatic heterocycles. The van der Waals surface area contributed by atoms with Gasteiger partial charge in [0.15, 0.2) is 11.6 Å². The topological polar surface area (TPSA) is 20.2 Å². The van der Waals surface area contributed by atoms with Gasteiger partial charge in [-0.05, 0) is 23.6 Å². The molecular weight excluding hydrogens is 246 g/mol. The maximum Gasteiger partial charge on any atom is 0.166 e. The maximum atomic E-state index is 13.6. The van der Waals surface area contributed by atoms with Crippen LogP contribution < -0.4 is 0 Å². The minimum absolute atomic E-state index is 0.233. The average Bonchev–Trinajstić information content (AvgIpc) is 2.42. The van der Waals surface area contributed by atoms with E-state index in [0.717, 1.165) is 18.1 Å². The molecule has 2 rings (SSSR count). The second-order valence-electron chi connectivity index (χ2n) is 4.53. The van der Waals surface area contributed by atoms with E-state index in [9.17, 15) is 13.9 Å². The Bertz CT molecular complexity index is 549. The molecule has 0 radical (unpaired) electrons. The summed E-state index contributed by atoms with van der Waals surface area (Å²) in [5.74, 6) is -1.70. The first-order chi connectivity index (χ1) is 9.13. The highest BCUT2D eigenvalue weighted by atomic mass is 19.2. The lowest BCUT2D eigenvalue weighted by atomic mass is 10.00. The monoisotopic (exact) mass is 262 g/mol. The quantitative estimate of drug-likeness (QED) is 0.862. The van der Waals surface area contributed by atoms with Crippen LogP contribution in [0.2, 0.25) is 0 Å². The van der Waals surface area contributed by atoms with Gasteiger partial charge in [0.05, 0.1) is 6.10 Å². The summed E-state index contributed by atoms with van der Waals surface area (Å²) in [5.41, 5.74) is 1.63.